The van der Waals surface area contributed by atoms with E-state index in [0.717, 1.165) is 18.8 Å². The third-order valence-corrected chi connectivity index (χ3v) is 3.90. The van der Waals surface area contributed by atoms with E-state index in [1.54, 1.807) is 0 Å². The second-order valence-corrected chi connectivity index (χ2v) is 6.40. The number of piperazine rings is 1. The van der Waals surface area contributed by atoms with Crippen LogP contribution in [-0.4, -0.2) is 46.2 Å². The summed E-state index contributed by atoms with van der Waals surface area (Å²) in [6, 6.07) is 2.39. The second-order valence-electron chi connectivity index (χ2n) is 6.40. The molecular weight excluding hydrogens is 276 g/mol. The Kier molecular flexibility index (Phi) is 5.21. The average molecular weight is 301 g/mol. The van der Waals surface area contributed by atoms with Gasteiger partial charge >= 0.3 is 0 Å². The fraction of sp³-hybridized carbons (Fsp3) is 0.714. The normalized spacial score (nSPS) is 23.4. The van der Waals surface area contributed by atoms with E-state index in [1.807, 2.05) is 11.0 Å². The van der Waals surface area contributed by atoms with Gasteiger partial charge in [0.15, 0.2) is 0 Å². The predicted octanol–water partition coefficient (Wildman–Crippen LogP) is 1.95. The molecule has 114 valence electrons. The molecule has 2 rings (SSSR count). The van der Waals surface area contributed by atoms with E-state index in [4.69, 9.17) is 0 Å². The predicted molar refractivity (Wildman–Crippen MR) is 82.5 cm³/mol. The Morgan fingerprint density at radius 1 is 1.40 bits per heavy atom. The summed E-state index contributed by atoms with van der Waals surface area (Å²) in [5.74, 6) is 0.0209. The van der Waals surface area contributed by atoms with Crippen LogP contribution in [-0.2, 0) is 5.41 Å². The molecule has 0 saturated carbocycles. The zero-order valence-corrected chi connectivity index (χ0v) is 13.7. The standard InChI is InChI=1S/C14H24N4O.ClH/c1-9-10(2)18(7-6-15-9)13(19)11-8-12(17-16-11)14(3,4)5;/h8-10,15H,6-7H2,1-5H3,(H,16,17);1H. The molecule has 2 N–H and O–H groups in total. The first kappa shape index (κ1) is 17.0. The van der Waals surface area contributed by atoms with Crippen LogP contribution in [0.3, 0.4) is 0 Å². The molecule has 0 aliphatic carbocycles. The van der Waals surface area contributed by atoms with Crippen molar-refractivity contribution in [3.8, 4) is 0 Å². The summed E-state index contributed by atoms with van der Waals surface area (Å²) in [5.41, 5.74) is 1.49. The van der Waals surface area contributed by atoms with Crippen LogP contribution in [0.5, 0.6) is 0 Å². The Balaban J connectivity index is 0.00000200. The van der Waals surface area contributed by atoms with Gasteiger partial charge in [0.05, 0.1) is 0 Å². The van der Waals surface area contributed by atoms with Crippen molar-refractivity contribution < 1.29 is 4.79 Å². The van der Waals surface area contributed by atoms with Crippen molar-refractivity contribution >= 4 is 18.3 Å². The van der Waals surface area contributed by atoms with Gasteiger partial charge in [-0.15, -0.1) is 12.4 Å². The summed E-state index contributed by atoms with van der Waals surface area (Å²) < 4.78 is 0. The fourth-order valence-corrected chi connectivity index (χ4v) is 2.31. The summed E-state index contributed by atoms with van der Waals surface area (Å²) in [6.07, 6.45) is 0. The minimum atomic E-state index is -0.0199. The molecule has 1 saturated heterocycles. The largest absolute Gasteiger partial charge is 0.332 e. The molecule has 2 heterocycles. The molecule has 1 aliphatic heterocycles. The maximum absolute atomic E-state index is 12.5. The first-order chi connectivity index (χ1) is 8.80. The second kappa shape index (κ2) is 6.14. The van der Waals surface area contributed by atoms with Crippen molar-refractivity contribution in [2.24, 2.45) is 0 Å². The molecule has 6 heteroatoms. The highest BCUT2D eigenvalue weighted by molar-refractivity contribution is 5.92. The first-order valence-electron chi connectivity index (χ1n) is 6.91. The highest BCUT2D eigenvalue weighted by Crippen LogP contribution is 2.21. The van der Waals surface area contributed by atoms with E-state index < -0.39 is 0 Å². The van der Waals surface area contributed by atoms with Gasteiger partial charge < -0.3 is 10.2 Å². The van der Waals surface area contributed by atoms with Crippen LogP contribution in [0, 0.1) is 0 Å². The number of hydrogen-bond donors (Lipinski definition) is 2. The Labute approximate surface area is 126 Å². The van der Waals surface area contributed by atoms with Gasteiger partial charge in [0, 0.05) is 36.3 Å². The fourth-order valence-electron chi connectivity index (χ4n) is 2.31. The van der Waals surface area contributed by atoms with E-state index in [9.17, 15) is 4.79 Å². The van der Waals surface area contributed by atoms with Gasteiger partial charge in [-0.3, -0.25) is 9.89 Å². The van der Waals surface area contributed by atoms with Crippen LogP contribution in [0.1, 0.15) is 50.8 Å². The van der Waals surface area contributed by atoms with E-state index in [0.29, 0.717) is 11.7 Å². The van der Waals surface area contributed by atoms with E-state index in [2.05, 4.69) is 50.1 Å². The van der Waals surface area contributed by atoms with Gasteiger partial charge in [-0.25, -0.2) is 0 Å². The number of halogens is 1. The zero-order valence-electron chi connectivity index (χ0n) is 12.9. The molecule has 1 aliphatic rings. The average Bonchev–Trinajstić information content (AvgIpc) is 2.81. The van der Waals surface area contributed by atoms with Gasteiger partial charge in [0.25, 0.3) is 5.91 Å². The Bertz CT molecular complexity index is 466. The molecule has 1 aromatic heterocycles. The number of nitrogens with zero attached hydrogens (tertiary/aromatic N) is 2. The third kappa shape index (κ3) is 3.33. The lowest BCUT2D eigenvalue weighted by molar-refractivity contribution is 0.0597. The van der Waals surface area contributed by atoms with Crippen molar-refractivity contribution in [3.63, 3.8) is 0 Å². The van der Waals surface area contributed by atoms with E-state index in [-0.39, 0.29) is 29.8 Å². The van der Waals surface area contributed by atoms with Crippen molar-refractivity contribution in [2.45, 2.75) is 52.1 Å². The third-order valence-electron chi connectivity index (χ3n) is 3.90. The molecule has 5 nitrogen and oxygen atoms in total. The van der Waals surface area contributed by atoms with Crippen LogP contribution in [0.25, 0.3) is 0 Å². The van der Waals surface area contributed by atoms with E-state index in [1.165, 1.54) is 0 Å². The number of H-pyrrole nitrogens is 1. The number of hydrogen-bond acceptors (Lipinski definition) is 3. The number of rotatable bonds is 1. The summed E-state index contributed by atoms with van der Waals surface area (Å²) in [7, 11) is 0. The molecule has 2 unspecified atom stereocenters. The highest BCUT2D eigenvalue weighted by atomic mass is 35.5. The lowest BCUT2D eigenvalue weighted by Crippen LogP contribution is -2.57. The summed E-state index contributed by atoms with van der Waals surface area (Å²) in [5, 5.41) is 10.5. The summed E-state index contributed by atoms with van der Waals surface area (Å²) in [6.45, 7) is 12.1. The molecule has 20 heavy (non-hydrogen) atoms. The van der Waals surface area contributed by atoms with Crippen LogP contribution < -0.4 is 5.32 Å². The molecule has 1 fully saturated rings. The lowest BCUT2D eigenvalue weighted by atomic mass is 9.92. The molecule has 0 spiro atoms. The number of carbonyl (C=O) groups excluding carboxylic acids is 1. The van der Waals surface area contributed by atoms with Gasteiger partial charge in [0.2, 0.25) is 0 Å². The maximum atomic E-state index is 12.5. The van der Waals surface area contributed by atoms with Crippen LogP contribution >= 0.6 is 12.4 Å². The number of aromatic nitrogens is 2. The summed E-state index contributed by atoms with van der Waals surface area (Å²) in [4.78, 5) is 14.4. The quantitative estimate of drug-likeness (QED) is 0.833. The van der Waals surface area contributed by atoms with E-state index >= 15 is 0 Å². The van der Waals surface area contributed by atoms with Crippen molar-refractivity contribution in [1.29, 1.82) is 0 Å². The molecule has 0 radical (unpaired) electrons. The SMILES string of the molecule is CC1NCCN(C(=O)c2cc(C(C)(C)C)[nH]n2)C1C.Cl. The smallest absolute Gasteiger partial charge is 0.274 e. The number of nitrogens with one attached hydrogen (secondary N) is 2. The Morgan fingerprint density at radius 3 is 2.60 bits per heavy atom. The minimum absolute atomic E-state index is 0. The van der Waals surface area contributed by atoms with Crippen molar-refractivity contribution in [1.82, 2.24) is 20.4 Å². The number of carbonyl (C=O) groups is 1. The lowest BCUT2D eigenvalue weighted by Gasteiger charge is -2.38. The Morgan fingerprint density at radius 2 is 2.05 bits per heavy atom. The van der Waals surface area contributed by atoms with Crippen LogP contribution in [0.2, 0.25) is 0 Å². The first-order valence-corrected chi connectivity index (χ1v) is 6.91. The topological polar surface area (TPSA) is 61.0 Å². The molecule has 2 atom stereocenters. The molecule has 0 bridgehead atoms. The van der Waals surface area contributed by atoms with Crippen molar-refractivity contribution in [2.75, 3.05) is 13.1 Å². The van der Waals surface area contributed by atoms with Gasteiger partial charge in [0.1, 0.15) is 5.69 Å². The van der Waals surface area contributed by atoms with Gasteiger partial charge in [-0.05, 0) is 19.9 Å². The monoisotopic (exact) mass is 300 g/mol. The zero-order chi connectivity index (χ0) is 14.2. The highest BCUT2D eigenvalue weighted by Gasteiger charge is 2.30. The van der Waals surface area contributed by atoms with Crippen LogP contribution in [0.15, 0.2) is 6.07 Å². The van der Waals surface area contributed by atoms with Gasteiger partial charge in [-0.2, -0.15) is 5.10 Å². The molecule has 0 aromatic carbocycles. The van der Waals surface area contributed by atoms with Crippen LogP contribution in [0.4, 0.5) is 0 Å². The summed E-state index contributed by atoms with van der Waals surface area (Å²) >= 11 is 0. The molecular formula is C14H25ClN4O. The van der Waals surface area contributed by atoms with Gasteiger partial charge in [-0.1, -0.05) is 20.8 Å². The minimum Gasteiger partial charge on any atom is -0.332 e. The maximum Gasteiger partial charge on any atom is 0.274 e. The molecule has 1 aromatic rings. The van der Waals surface area contributed by atoms with Crippen molar-refractivity contribution in [3.05, 3.63) is 17.5 Å². The number of aromatic amines is 1. The number of amides is 1. The molecule has 1 amide bonds. The Hall–Kier alpha value is -1.07.